The van der Waals surface area contributed by atoms with E-state index in [1.54, 1.807) is 24.3 Å². The van der Waals surface area contributed by atoms with Crippen molar-refractivity contribution in [3.8, 4) is 11.3 Å². The Bertz CT molecular complexity index is 813. The van der Waals surface area contributed by atoms with E-state index in [-0.39, 0.29) is 23.4 Å². The summed E-state index contributed by atoms with van der Waals surface area (Å²) >= 11 is 0. The Kier molecular flexibility index (Phi) is 3.82. The summed E-state index contributed by atoms with van der Waals surface area (Å²) in [6.07, 6.45) is 2.85. The number of benzene rings is 1. The lowest BCUT2D eigenvalue weighted by Gasteiger charge is -2.23. The minimum absolute atomic E-state index is 0.0352. The number of likely N-dealkylation sites (tertiary alicyclic amines) is 1. The molecule has 130 valence electrons. The molecule has 6 heteroatoms. The number of carbonyl (C=O) groups is 2. The molecule has 1 N–H and O–H groups in total. The van der Waals surface area contributed by atoms with Crippen molar-refractivity contribution in [3.05, 3.63) is 48.0 Å². The first-order valence-electron chi connectivity index (χ1n) is 8.44. The number of aliphatic carboxylic acids is 1. The largest absolute Gasteiger partial charge is 0.480 e. The summed E-state index contributed by atoms with van der Waals surface area (Å²) in [5.41, 5.74) is 0.661. The molecule has 1 aliphatic heterocycles. The number of fused-ring (bicyclic) bond motifs is 1. The maximum atomic E-state index is 13.0. The molecule has 1 aromatic carbocycles. The van der Waals surface area contributed by atoms with E-state index < -0.39 is 17.9 Å². The van der Waals surface area contributed by atoms with Gasteiger partial charge in [0.15, 0.2) is 5.76 Å². The lowest BCUT2D eigenvalue weighted by Crippen LogP contribution is -2.43. The molecule has 4 rings (SSSR count). The van der Waals surface area contributed by atoms with Gasteiger partial charge in [0.05, 0.1) is 0 Å². The Morgan fingerprint density at radius 1 is 1.12 bits per heavy atom. The summed E-state index contributed by atoms with van der Waals surface area (Å²) in [6, 6.07) is 8.20. The number of amides is 1. The number of carboxylic acids is 1. The van der Waals surface area contributed by atoms with Crippen molar-refractivity contribution < 1.29 is 23.5 Å². The highest BCUT2D eigenvalue weighted by molar-refractivity contribution is 5.95. The van der Waals surface area contributed by atoms with Crippen LogP contribution in [0.2, 0.25) is 0 Å². The fourth-order valence-electron chi connectivity index (χ4n) is 4.19. The maximum Gasteiger partial charge on any atom is 0.326 e. The number of carbonyl (C=O) groups excluding carboxylic acids is 1. The van der Waals surface area contributed by atoms with Gasteiger partial charge >= 0.3 is 5.97 Å². The molecule has 2 fully saturated rings. The summed E-state index contributed by atoms with van der Waals surface area (Å²) in [4.78, 5) is 25.9. The second-order valence-electron chi connectivity index (χ2n) is 6.77. The zero-order chi connectivity index (χ0) is 17.6. The standard InChI is InChI=1S/C19H18FNO4/c20-13-6-4-11(5-7-13)15-8-9-16(25-15)18(22)21-10-12-2-1-3-14(12)17(21)19(23)24/h4-9,12,14,17H,1-3,10H2,(H,23,24). The van der Waals surface area contributed by atoms with E-state index in [1.807, 2.05) is 0 Å². The fraction of sp³-hybridized carbons (Fsp3) is 0.368. The van der Waals surface area contributed by atoms with E-state index in [0.29, 0.717) is 17.9 Å². The molecular weight excluding hydrogens is 325 g/mol. The van der Waals surface area contributed by atoms with Crippen molar-refractivity contribution in [2.45, 2.75) is 25.3 Å². The van der Waals surface area contributed by atoms with Gasteiger partial charge < -0.3 is 14.4 Å². The third-order valence-corrected chi connectivity index (χ3v) is 5.35. The summed E-state index contributed by atoms with van der Waals surface area (Å²) in [6.45, 7) is 0.465. The van der Waals surface area contributed by atoms with Gasteiger partial charge in [0, 0.05) is 12.1 Å². The molecule has 1 amide bonds. The number of furan rings is 1. The zero-order valence-electron chi connectivity index (χ0n) is 13.5. The van der Waals surface area contributed by atoms with Crippen LogP contribution >= 0.6 is 0 Å². The molecule has 25 heavy (non-hydrogen) atoms. The minimum atomic E-state index is -0.951. The van der Waals surface area contributed by atoms with E-state index in [9.17, 15) is 19.1 Å². The molecule has 1 aromatic heterocycles. The van der Waals surface area contributed by atoms with Crippen molar-refractivity contribution in [1.29, 1.82) is 0 Å². The van der Waals surface area contributed by atoms with Gasteiger partial charge in [-0.15, -0.1) is 0 Å². The van der Waals surface area contributed by atoms with E-state index >= 15 is 0 Å². The van der Waals surface area contributed by atoms with Gasteiger partial charge in [-0.05, 0) is 61.1 Å². The minimum Gasteiger partial charge on any atom is -0.480 e. The summed E-state index contributed by atoms with van der Waals surface area (Å²) in [5, 5.41) is 9.58. The molecule has 3 unspecified atom stereocenters. The first-order chi connectivity index (χ1) is 12.0. The second-order valence-corrected chi connectivity index (χ2v) is 6.77. The second kappa shape index (κ2) is 6.02. The molecule has 1 saturated heterocycles. The van der Waals surface area contributed by atoms with Crippen LogP contribution in [-0.2, 0) is 4.79 Å². The third kappa shape index (κ3) is 2.71. The van der Waals surface area contributed by atoms with Crippen LogP contribution in [0.15, 0.2) is 40.8 Å². The number of nitrogens with zero attached hydrogens (tertiary/aromatic N) is 1. The lowest BCUT2D eigenvalue weighted by molar-refractivity contribution is -0.142. The Morgan fingerprint density at radius 3 is 2.60 bits per heavy atom. The van der Waals surface area contributed by atoms with E-state index in [1.165, 1.54) is 17.0 Å². The molecule has 0 spiro atoms. The van der Waals surface area contributed by atoms with Crippen LogP contribution in [0.1, 0.15) is 29.8 Å². The average molecular weight is 343 g/mol. The van der Waals surface area contributed by atoms with Crippen molar-refractivity contribution in [3.63, 3.8) is 0 Å². The van der Waals surface area contributed by atoms with E-state index in [0.717, 1.165) is 19.3 Å². The average Bonchev–Trinajstić information content (AvgIpc) is 3.29. The van der Waals surface area contributed by atoms with Crippen LogP contribution in [0, 0.1) is 17.7 Å². The predicted molar refractivity (Wildman–Crippen MR) is 87.4 cm³/mol. The number of rotatable bonds is 3. The number of halogens is 1. The van der Waals surface area contributed by atoms with Gasteiger partial charge in [0.25, 0.3) is 5.91 Å². The highest BCUT2D eigenvalue weighted by atomic mass is 19.1. The Labute approximate surface area is 144 Å². The van der Waals surface area contributed by atoms with Crippen LogP contribution in [0.5, 0.6) is 0 Å². The smallest absolute Gasteiger partial charge is 0.326 e. The van der Waals surface area contributed by atoms with Crippen LogP contribution in [0.4, 0.5) is 4.39 Å². The normalized spacial score (nSPS) is 25.2. The van der Waals surface area contributed by atoms with Gasteiger partial charge in [-0.3, -0.25) is 4.79 Å². The molecular formula is C19H18FNO4. The summed E-state index contributed by atoms with van der Waals surface area (Å²) in [7, 11) is 0. The monoisotopic (exact) mass is 343 g/mol. The molecule has 5 nitrogen and oxygen atoms in total. The Morgan fingerprint density at radius 2 is 1.88 bits per heavy atom. The molecule has 2 aromatic rings. The zero-order valence-corrected chi connectivity index (χ0v) is 13.5. The summed E-state index contributed by atoms with van der Waals surface area (Å²) < 4.78 is 18.7. The Balaban J connectivity index is 1.59. The SMILES string of the molecule is O=C(O)C1C2CCCC2CN1C(=O)c1ccc(-c2ccc(F)cc2)o1. The number of hydrogen-bond donors (Lipinski definition) is 1. The summed E-state index contributed by atoms with van der Waals surface area (Å²) in [5.74, 6) is -0.826. The molecule has 1 aliphatic carbocycles. The van der Waals surface area contributed by atoms with E-state index in [2.05, 4.69) is 0 Å². The van der Waals surface area contributed by atoms with Crippen molar-refractivity contribution in [1.82, 2.24) is 4.90 Å². The number of carboxylic acid groups (broad SMARTS) is 1. The lowest BCUT2D eigenvalue weighted by atomic mass is 9.94. The van der Waals surface area contributed by atoms with Crippen LogP contribution < -0.4 is 0 Å². The highest BCUT2D eigenvalue weighted by Gasteiger charge is 2.50. The fourth-order valence-corrected chi connectivity index (χ4v) is 4.19. The van der Waals surface area contributed by atoms with Gasteiger partial charge in [-0.1, -0.05) is 6.42 Å². The van der Waals surface area contributed by atoms with Crippen molar-refractivity contribution >= 4 is 11.9 Å². The van der Waals surface area contributed by atoms with Gasteiger partial charge in [-0.2, -0.15) is 0 Å². The highest BCUT2D eigenvalue weighted by Crippen LogP contribution is 2.42. The molecule has 0 bridgehead atoms. The Hall–Kier alpha value is -2.63. The van der Waals surface area contributed by atoms with Crippen molar-refractivity contribution in [2.75, 3.05) is 6.54 Å². The first kappa shape index (κ1) is 15.9. The van der Waals surface area contributed by atoms with Gasteiger partial charge in [0.1, 0.15) is 17.6 Å². The first-order valence-corrected chi connectivity index (χ1v) is 8.44. The van der Waals surface area contributed by atoms with Crippen LogP contribution in [0.3, 0.4) is 0 Å². The quantitative estimate of drug-likeness (QED) is 0.927. The van der Waals surface area contributed by atoms with Gasteiger partial charge in [-0.25, -0.2) is 9.18 Å². The molecule has 1 saturated carbocycles. The van der Waals surface area contributed by atoms with Crippen LogP contribution in [0.25, 0.3) is 11.3 Å². The molecule has 2 aliphatic rings. The maximum absolute atomic E-state index is 13.0. The predicted octanol–water partition coefficient (Wildman–Crippen LogP) is 3.41. The molecule has 0 radical (unpaired) electrons. The van der Waals surface area contributed by atoms with E-state index in [4.69, 9.17) is 4.42 Å². The van der Waals surface area contributed by atoms with Crippen molar-refractivity contribution in [2.24, 2.45) is 11.8 Å². The molecule has 2 heterocycles. The topological polar surface area (TPSA) is 70.8 Å². The number of hydrogen-bond acceptors (Lipinski definition) is 3. The third-order valence-electron chi connectivity index (χ3n) is 5.35. The van der Waals surface area contributed by atoms with Gasteiger partial charge in [0.2, 0.25) is 0 Å². The molecule has 3 atom stereocenters. The van der Waals surface area contributed by atoms with Crippen LogP contribution in [-0.4, -0.2) is 34.5 Å².